The molecular formula is C16H17NO4. The smallest absolute Gasteiger partial charge is 0.344 e. The lowest BCUT2D eigenvalue weighted by Gasteiger charge is -2.12. The first kappa shape index (κ1) is 14.7. The molecule has 5 nitrogen and oxygen atoms in total. The summed E-state index contributed by atoms with van der Waals surface area (Å²) in [7, 11) is 3.05. The van der Waals surface area contributed by atoms with Gasteiger partial charge in [-0.05, 0) is 18.2 Å². The summed E-state index contributed by atoms with van der Waals surface area (Å²) in [5.41, 5.74) is 7.15. The van der Waals surface area contributed by atoms with E-state index in [9.17, 15) is 4.79 Å². The van der Waals surface area contributed by atoms with E-state index in [0.717, 1.165) is 5.56 Å². The molecule has 0 radical (unpaired) electrons. The molecular weight excluding hydrogens is 270 g/mol. The highest BCUT2D eigenvalue weighted by Crippen LogP contribution is 2.26. The molecule has 2 rings (SSSR count). The third-order valence-electron chi connectivity index (χ3n) is 3.03. The number of nitrogens with two attached hydrogens (primary N) is 1. The Kier molecular flexibility index (Phi) is 4.66. The normalized spacial score (nSPS) is 10.0. The van der Waals surface area contributed by atoms with Crippen LogP contribution >= 0.6 is 0 Å². The molecule has 0 heterocycles. The second-order valence-electron chi connectivity index (χ2n) is 4.31. The number of ether oxygens (including phenoxy) is 3. The highest BCUT2D eigenvalue weighted by molar-refractivity contribution is 5.98. The molecule has 110 valence electrons. The molecule has 0 spiro atoms. The van der Waals surface area contributed by atoms with Crippen LogP contribution in [0.2, 0.25) is 0 Å². The van der Waals surface area contributed by atoms with Gasteiger partial charge in [-0.15, -0.1) is 0 Å². The fourth-order valence-corrected chi connectivity index (χ4v) is 1.97. The first-order valence-corrected chi connectivity index (χ1v) is 6.39. The standard InChI is InChI=1S/C16H17NO4/c1-19-13-8-4-3-6-11(13)10-21-16(18)15-12(17)7-5-9-14(15)20-2/h3-9H,10,17H2,1-2H3. The molecule has 0 bridgehead atoms. The molecule has 2 aromatic rings. The van der Waals surface area contributed by atoms with E-state index in [0.29, 0.717) is 17.2 Å². The molecule has 0 amide bonds. The van der Waals surface area contributed by atoms with Crippen LogP contribution in [0.5, 0.6) is 11.5 Å². The first-order chi connectivity index (χ1) is 10.2. The third kappa shape index (κ3) is 3.25. The van der Waals surface area contributed by atoms with Crippen LogP contribution in [0, 0.1) is 0 Å². The van der Waals surface area contributed by atoms with E-state index in [4.69, 9.17) is 19.9 Å². The van der Waals surface area contributed by atoms with E-state index in [-0.39, 0.29) is 12.2 Å². The molecule has 0 atom stereocenters. The predicted molar refractivity (Wildman–Crippen MR) is 79.5 cm³/mol. The van der Waals surface area contributed by atoms with Crippen molar-refractivity contribution < 1.29 is 19.0 Å². The summed E-state index contributed by atoms with van der Waals surface area (Å²) in [6, 6.07) is 12.3. The van der Waals surface area contributed by atoms with Gasteiger partial charge in [0.2, 0.25) is 0 Å². The highest BCUT2D eigenvalue weighted by Gasteiger charge is 2.17. The van der Waals surface area contributed by atoms with Gasteiger partial charge in [-0.2, -0.15) is 0 Å². The Morgan fingerprint density at radius 2 is 1.67 bits per heavy atom. The number of rotatable bonds is 5. The van der Waals surface area contributed by atoms with Crippen LogP contribution in [-0.4, -0.2) is 20.2 Å². The van der Waals surface area contributed by atoms with Crippen molar-refractivity contribution >= 4 is 11.7 Å². The summed E-state index contributed by atoms with van der Waals surface area (Å²) >= 11 is 0. The zero-order valence-electron chi connectivity index (χ0n) is 12.0. The largest absolute Gasteiger partial charge is 0.496 e. The van der Waals surface area contributed by atoms with Crippen molar-refractivity contribution in [3.63, 3.8) is 0 Å². The molecule has 0 unspecified atom stereocenters. The predicted octanol–water partition coefficient (Wildman–Crippen LogP) is 2.64. The molecule has 0 fully saturated rings. The quantitative estimate of drug-likeness (QED) is 0.676. The molecule has 5 heteroatoms. The average molecular weight is 287 g/mol. The van der Waals surface area contributed by atoms with Crippen molar-refractivity contribution in [2.75, 3.05) is 20.0 Å². The van der Waals surface area contributed by atoms with Gasteiger partial charge in [-0.3, -0.25) is 0 Å². The minimum Gasteiger partial charge on any atom is -0.496 e. The van der Waals surface area contributed by atoms with E-state index in [1.165, 1.54) is 7.11 Å². The first-order valence-electron chi connectivity index (χ1n) is 6.39. The van der Waals surface area contributed by atoms with E-state index >= 15 is 0 Å². The molecule has 0 aliphatic heterocycles. The molecule has 2 aromatic carbocycles. The summed E-state index contributed by atoms with van der Waals surface area (Å²) in [4.78, 5) is 12.2. The van der Waals surface area contributed by atoms with Gasteiger partial charge in [0.15, 0.2) is 0 Å². The van der Waals surface area contributed by atoms with Gasteiger partial charge in [0.25, 0.3) is 0 Å². The second kappa shape index (κ2) is 6.65. The van der Waals surface area contributed by atoms with Crippen molar-refractivity contribution in [2.45, 2.75) is 6.61 Å². The maximum atomic E-state index is 12.2. The Bertz CT molecular complexity index is 640. The van der Waals surface area contributed by atoms with E-state index in [1.807, 2.05) is 18.2 Å². The summed E-state index contributed by atoms with van der Waals surface area (Å²) in [6.45, 7) is 0.0976. The number of hydrogen-bond donors (Lipinski definition) is 1. The molecule has 21 heavy (non-hydrogen) atoms. The van der Waals surface area contributed by atoms with Crippen molar-refractivity contribution in [1.29, 1.82) is 0 Å². The van der Waals surface area contributed by atoms with Gasteiger partial charge in [0, 0.05) is 11.3 Å². The van der Waals surface area contributed by atoms with Crippen LogP contribution in [0.1, 0.15) is 15.9 Å². The lowest BCUT2D eigenvalue weighted by atomic mass is 10.1. The van der Waals surface area contributed by atoms with Crippen LogP contribution in [0.25, 0.3) is 0 Å². The van der Waals surface area contributed by atoms with E-state index in [2.05, 4.69) is 0 Å². The molecule has 0 aliphatic rings. The van der Waals surface area contributed by atoms with Gasteiger partial charge in [0.05, 0.1) is 14.2 Å². The summed E-state index contributed by atoms with van der Waals surface area (Å²) in [5, 5.41) is 0. The second-order valence-corrected chi connectivity index (χ2v) is 4.31. The Labute approximate surface area is 123 Å². The molecule has 0 saturated heterocycles. The number of para-hydroxylation sites is 1. The van der Waals surface area contributed by atoms with Crippen molar-refractivity contribution in [2.24, 2.45) is 0 Å². The Hall–Kier alpha value is -2.69. The third-order valence-corrected chi connectivity index (χ3v) is 3.03. The Morgan fingerprint density at radius 3 is 2.38 bits per heavy atom. The van der Waals surface area contributed by atoms with E-state index in [1.54, 1.807) is 31.4 Å². The summed E-state index contributed by atoms with van der Waals surface area (Å²) < 4.78 is 15.7. The zero-order valence-corrected chi connectivity index (χ0v) is 12.0. The van der Waals surface area contributed by atoms with Crippen LogP contribution in [0.3, 0.4) is 0 Å². The minimum atomic E-state index is -0.532. The molecule has 0 aromatic heterocycles. The fourth-order valence-electron chi connectivity index (χ4n) is 1.97. The van der Waals surface area contributed by atoms with E-state index < -0.39 is 5.97 Å². The van der Waals surface area contributed by atoms with Crippen LogP contribution in [0.4, 0.5) is 5.69 Å². The maximum absolute atomic E-state index is 12.2. The monoisotopic (exact) mass is 287 g/mol. The topological polar surface area (TPSA) is 70.8 Å². The van der Waals surface area contributed by atoms with Crippen molar-refractivity contribution in [3.8, 4) is 11.5 Å². The van der Waals surface area contributed by atoms with Crippen molar-refractivity contribution in [3.05, 3.63) is 53.6 Å². The number of methoxy groups -OCH3 is 2. The molecule has 0 saturated carbocycles. The SMILES string of the molecule is COc1ccccc1COC(=O)c1c(N)cccc1OC. The fraction of sp³-hybridized carbons (Fsp3) is 0.188. The molecule has 0 aliphatic carbocycles. The number of nitrogen functional groups attached to an aromatic ring is 1. The Balaban J connectivity index is 2.16. The average Bonchev–Trinajstić information content (AvgIpc) is 2.52. The van der Waals surface area contributed by atoms with Gasteiger partial charge in [0.1, 0.15) is 23.7 Å². The number of carbonyl (C=O) groups is 1. The van der Waals surface area contributed by atoms with Gasteiger partial charge < -0.3 is 19.9 Å². The number of carbonyl (C=O) groups excluding carboxylic acids is 1. The minimum absolute atomic E-state index is 0.0976. The van der Waals surface area contributed by atoms with Gasteiger partial charge >= 0.3 is 5.97 Å². The number of anilines is 1. The number of esters is 1. The maximum Gasteiger partial charge on any atom is 0.344 e. The lowest BCUT2D eigenvalue weighted by Crippen LogP contribution is -2.10. The van der Waals surface area contributed by atoms with Crippen LogP contribution < -0.4 is 15.2 Å². The lowest BCUT2D eigenvalue weighted by molar-refractivity contribution is 0.0468. The zero-order chi connectivity index (χ0) is 15.2. The van der Waals surface area contributed by atoms with Gasteiger partial charge in [-0.1, -0.05) is 24.3 Å². The number of benzene rings is 2. The summed E-state index contributed by atoms with van der Waals surface area (Å²) in [5.74, 6) is 0.522. The van der Waals surface area contributed by atoms with Crippen molar-refractivity contribution in [1.82, 2.24) is 0 Å². The summed E-state index contributed by atoms with van der Waals surface area (Å²) in [6.07, 6.45) is 0. The van der Waals surface area contributed by atoms with Crippen LogP contribution in [0.15, 0.2) is 42.5 Å². The molecule has 2 N–H and O–H groups in total. The number of hydrogen-bond acceptors (Lipinski definition) is 5. The Morgan fingerprint density at radius 1 is 1.00 bits per heavy atom. The van der Waals surface area contributed by atoms with Gasteiger partial charge in [-0.25, -0.2) is 4.79 Å². The van der Waals surface area contributed by atoms with Crippen LogP contribution in [-0.2, 0) is 11.3 Å². The highest BCUT2D eigenvalue weighted by atomic mass is 16.5.